The second kappa shape index (κ2) is 9.67. The van der Waals surface area contributed by atoms with Crippen LogP contribution in [0.5, 0.6) is 0 Å². The Bertz CT molecular complexity index is 1700. The summed E-state index contributed by atoms with van der Waals surface area (Å²) in [5.74, 6) is -0.732. The Balaban J connectivity index is 1.48. The predicted molar refractivity (Wildman–Crippen MR) is 135 cm³/mol. The lowest BCUT2D eigenvalue weighted by Gasteiger charge is -2.10. The quantitative estimate of drug-likeness (QED) is 0.284. The molecule has 0 aliphatic rings. The number of hydrogen-bond donors (Lipinski definition) is 1. The summed E-state index contributed by atoms with van der Waals surface area (Å²) in [6, 6.07) is 18.0. The SMILES string of the molecule is CCOC(=O)c1cnn(-c2ccc3ccccc3n2)c1NC(=O)/C=C/c1coc2ccccc2c1=O. The van der Waals surface area contributed by atoms with Crippen LogP contribution < -0.4 is 10.7 Å². The van der Waals surface area contributed by atoms with E-state index in [-0.39, 0.29) is 29.0 Å². The van der Waals surface area contributed by atoms with E-state index in [4.69, 9.17) is 9.15 Å². The van der Waals surface area contributed by atoms with Crippen molar-refractivity contribution in [2.24, 2.45) is 0 Å². The number of carbonyl (C=O) groups excluding carboxylic acids is 2. The lowest BCUT2D eigenvalue weighted by molar-refractivity contribution is -0.111. The van der Waals surface area contributed by atoms with Gasteiger partial charge in [0.1, 0.15) is 17.4 Å². The number of para-hydroxylation sites is 2. The van der Waals surface area contributed by atoms with Crippen molar-refractivity contribution in [3.05, 3.63) is 101 Å². The molecule has 178 valence electrons. The molecule has 1 N–H and O–H groups in total. The molecule has 5 aromatic rings. The van der Waals surface area contributed by atoms with E-state index in [1.165, 1.54) is 29.3 Å². The highest BCUT2D eigenvalue weighted by Gasteiger charge is 2.21. The van der Waals surface area contributed by atoms with Crippen LogP contribution in [0.2, 0.25) is 0 Å². The molecule has 0 atom stereocenters. The molecule has 36 heavy (non-hydrogen) atoms. The second-order valence-electron chi connectivity index (χ2n) is 7.74. The van der Waals surface area contributed by atoms with E-state index < -0.39 is 11.9 Å². The first-order chi connectivity index (χ1) is 17.5. The van der Waals surface area contributed by atoms with E-state index in [2.05, 4.69) is 15.4 Å². The van der Waals surface area contributed by atoms with Gasteiger partial charge in [-0.3, -0.25) is 9.59 Å². The first-order valence-electron chi connectivity index (χ1n) is 11.2. The zero-order valence-electron chi connectivity index (χ0n) is 19.2. The summed E-state index contributed by atoms with van der Waals surface area (Å²) >= 11 is 0. The van der Waals surface area contributed by atoms with Crippen molar-refractivity contribution in [1.82, 2.24) is 14.8 Å². The van der Waals surface area contributed by atoms with Gasteiger partial charge in [0.15, 0.2) is 17.1 Å². The van der Waals surface area contributed by atoms with Crippen LogP contribution in [0.3, 0.4) is 0 Å². The second-order valence-corrected chi connectivity index (χ2v) is 7.74. The fourth-order valence-corrected chi connectivity index (χ4v) is 3.71. The number of benzene rings is 2. The van der Waals surface area contributed by atoms with Gasteiger partial charge in [0, 0.05) is 11.5 Å². The molecule has 3 heterocycles. The number of hydrogen-bond acceptors (Lipinski definition) is 7. The molecule has 0 saturated heterocycles. The van der Waals surface area contributed by atoms with Gasteiger partial charge in [0.2, 0.25) is 5.91 Å². The standard InChI is InChI=1S/C27H20N4O5/c1-2-35-27(34)20-15-28-31(23-13-11-17-7-3-5-9-21(17)29-23)26(20)30-24(32)14-12-18-16-36-22-10-6-4-8-19(22)25(18)33/h3-16H,2H2,1H3,(H,30,32)/b14-12+. The lowest BCUT2D eigenvalue weighted by atomic mass is 10.1. The van der Waals surface area contributed by atoms with Gasteiger partial charge < -0.3 is 14.5 Å². The van der Waals surface area contributed by atoms with Gasteiger partial charge in [-0.25, -0.2) is 9.78 Å². The van der Waals surface area contributed by atoms with Gasteiger partial charge in [-0.15, -0.1) is 0 Å². The molecule has 3 aromatic heterocycles. The lowest BCUT2D eigenvalue weighted by Crippen LogP contribution is -2.16. The molecule has 0 saturated carbocycles. The number of aromatic nitrogens is 3. The Kier molecular flexibility index (Phi) is 6.10. The van der Waals surface area contributed by atoms with Crippen molar-refractivity contribution in [1.29, 1.82) is 0 Å². The smallest absolute Gasteiger partial charge is 0.343 e. The van der Waals surface area contributed by atoms with Crippen molar-refractivity contribution < 1.29 is 18.7 Å². The summed E-state index contributed by atoms with van der Waals surface area (Å²) in [5, 5.41) is 8.28. The number of fused-ring (bicyclic) bond motifs is 2. The molecule has 0 aliphatic heterocycles. The summed E-state index contributed by atoms with van der Waals surface area (Å²) in [6.07, 6.45) is 5.14. The van der Waals surface area contributed by atoms with Crippen molar-refractivity contribution >= 4 is 45.6 Å². The molecular formula is C27H20N4O5. The molecule has 2 aromatic carbocycles. The third kappa shape index (κ3) is 4.37. The van der Waals surface area contributed by atoms with Crippen LogP contribution in [0.4, 0.5) is 5.82 Å². The van der Waals surface area contributed by atoms with Crippen LogP contribution in [0.25, 0.3) is 33.8 Å². The van der Waals surface area contributed by atoms with Crippen molar-refractivity contribution in [3.8, 4) is 5.82 Å². The van der Waals surface area contributed by atoms with E-state index in [0.29, 0.717) is 16.8 Å². The van der Waals surface area contributed by atoms with Gasteiger partial charge in [-0.2, -0.15) is 9.78 Å². The minimum atomic E-state index is -0.640. The maximum absolute atomic E-state index is 12.8. The Morgan fingerprint density at radius 1 is 1.08 bits per heavy atom. The number of amides is 1. The number of ether oxygens (including phenoxy) is 1. The molecule has 0 radical (unpaired) electrons. The molecular weight excluding hydrogens is 460 g/mol. The monoisotopic (exact) mass is 480 g/mol. The maximum atomic E-state index is 12.8. The normalized spacial score (nSPS) is 11.2. The van der Waals surface area contributed by atoms with E-state index in [9.17, 15) is 14.4 Å². The highest BCUT2D eigenvalue weighted by molar-refractivity contribution is 6.06. The molecule has 0 bridgehead atoms. The minimum absolute atomic E-state index is 0.0683. The highest BCUT2D eigenvalue weighted by Crippen LogP contribution is 2.22. The molecule has 0 aliphatic carbocycles. The van der Waals surface area contributed by atoms with Crippen LogP contribution >= 0.6 is 0 Å². The zero-order chi connectivity index (χ0) is 25.1. The Morgan fingerprint density at radius 3 is 2.75 bits per heavy atom. The zero-order valence-corrected chi connectivity index (χ0v) is 19.2. The first kappa shape index (κ1) is 22.7. The summed E-state index contributed by atoms with van der Waals surface area (Å²) in [7, 11) is 0. The molecule has 0 spiro atoms. The molecule has 0 unspecified atom stereocenters. The topological polar surface area (TPSA) is 116 Å². The average molecular weight is 480 g/mol. The Labute approximate surface area is 204 Å². The van der Waals surface area contributed by atoms with Crippen LogP contribution in [0.15, 0.2) is 88.4 Å². The van der Waals surface area contributed by atoms with Crippen LogP contribution in [-0.2, 0) is 9.53 Å². The van der Waals surface area contributed by atoms with Crippen LogP contribution in [0, 0.1) is 0 Å². The van der Waals surface area contributed by atoms with Crippen molar-refractivity contribution in [3.63, 3.8) is 0 Å². The van der Waals surface area contributed by atoms with E-state index in [1.807, 2.05) is 30.3 Å². The largest absolute Gasteiger partial charge is 0.463 e. The van der Waals surface area contributed by atoms with Gasteiger partial charge in [-0.05, 0) is 43.3 Å². The summed E-state index contributed by atoms with van der Waals surface area (Å²) in [5.41, 5.74) is 1.19. The molecule has 9 heteroatoms. The summed E-state index contributed by atoms with van der Waals surface area (Å²) < 4.78 is 12.0. The number of nitrogens with one attached hydrogen (secondary N) is 1. The number of rotatable bonds is 6. The molecule has 9 nitrogen and oxygen atoms in total. The third-order valence-corrected chi connectivity index (χ3v) is 5.43. The van der Waals surface area contributed by atoms with Gasteiger partial charge >= 0.3 is 5.97 Å². The van der Waals surface area contributed by atoms with E-state index >= 15 is 0 Å². The summed E-state index contributed by atoms with van der Waals surface area (Å²) in [6.45, 7) is 1.84. The minimum Gasteiger partial charge on any atom is -0.463 e. The number of anilines is 1. The molecule has 5 rings (SSSR count). The number of esters is 1. The maximum Gasteiger partial charge on any atom is 0.343 e. The number of carbonyl (C=O) groups is 2. The fourth-order valence-electron chi connectivity index (χ4n) is 3.71. The van der Waals surface area contributed by atoms with Gasteiger partial charge in [0.05, 0.1) is 29.3 Å². The highest BCUT2D eigenvalue weighted by atomic mass is 16.5. The molecule has 0 fully saturated rings. The third-order valence-electron chi connectivity index (χ3n) is 5.43. The number of nitrogens with zero attached hydrogens (tertiary/aromatic N) is 3. The van der Waals surface area contributed by atoms with Gasteiger partial charge in [-0.1, -0.05) is 30.3 Å². The van der Waals surface area contributed by atoms with E-state index in [1.54, 1.807) is 37.3 Å². The van der Waals surface area contributed by atoms with E-state index in [0.717, 1.165) is 10.9 Å². The van der Waals surface area contributed by atoms with Crippen LogP contribution in [-0.4, -0.2) is 33.2 Å². The number of pyridine rings is 1. The summed E-state index contributed by atoms with van der Waals surface area (Å²) in [4.78, 5) is 42.7. The predicted octanol–water partition coefficient (Wildman–Crippen LogP) is 4.36. The van der Waals surface area contributed by atoms with Crippen molar-refractivity contribution in [2.75, 3.05) is 11.9 Å². The van der Waals surface area contributed by atoms with Crippen LogP contribution in [0.1, 0.15) is 22.8 Å². The molecule has 1 amide bonds. The first-order valence-corrected chi connectivity index (χ1v) is 11.2. The fraction of sp³-hybridized carbons (Fsp3) is 0.0741. The average Bonchev–Trinajstić information content (AvgIpc) is 3.31. The Morgan fingerprint density at radius 2 is 1.89 bits per heavy atom. The van der Waals surface area contributed by atoms with Gasteiger partial charge in [0.25, 0.3) is 0 Å². The Hall–Kier alpha value is -5.05. The van der Waals surface area contributed by atoms with Crippen molar-refractivity contribution in [2.45, 2.75) is 6.92 Å².